The minimum atomic E-state index is -4.17. The molecule has 0 aliphatic rings. The molecule has 1 aromatic heterocycles. The van der Waals surface area contributed by atoms with Crippen LogP contribution in [0.25, 0.3) is 0 Å². The van der Waals surface area contributed by atoms with E-state index in [1.165, 1.54) is 30.3 Å². The van der Waals surface area contributed by atoms with E-state index < -0.39 is 28.4 Å². The van der Waals surface area contributed by atoms with Crippen molar-refractivity contribution in [2.24, 2.45) is 0 Å². The van der Waals surface area contributed by atoms with Crippen molar-refractivity contribution in [3.05, 3.63) is 118 Å². The third-order valence-corrected chi connectivity index (χ3v) is 7.60. The summed E-state index contributed by atoms with van der Waals surface area (Å²) in [4.78, 5) is 30.0. The SMILES string of the molecule is O=C(CN(c1cc(Cl)cc(Cl)c1)S(=O)(=O)c1ccccc1)Nc1ccccc1C(=O)NCc1cccnc1. The molecule has 38 heavy (non-hydrogen) atoms. The number of carbonyl (C=O) groups excluding carboxylic acids is 2. The summed E-state index contributed by atoms with van der Waals surface area (Å²) in [6.07, 6.45) is 3.27. The second-order valence-electron chi connectivity index (χ2n) is 8.09. The van der Waals surface area contributed by atoms with Crippen LogP contribution in [0.4, 0.5) is 11.4 Å². The molecule has 3 aromatic carbocycles. The van der Waals surface area contributed by atoms with E-state index in [2.05, 4.69) is 15.6 Å². The van der Waals surface area contributed by atoms with Crippen LogP contribution in [0.1, 0.15) is 15.9 Å². The first-order valence-corrected chi connectivity index (χ1v) is 13.5. The summed E-state index contributed by atoms with van der Waals surface area (Å²) in [5.74, 6) is -1.09. The molecule has 194 valence electrons. The molecule has 0 atom stereocenters. The molecule has 0 radical (unpaired) electrons. The number of pyridine rings is 1. The number of hydrogen-bond donors (Lipinski definition) is 2. The van der Waals surface area contributed by atoms with Gasteiger partial charge in [0.05, 0.1) is 21.8 Å². The van der Waals surface area contributed by atoms with Gasteiger partial charge in [-0.15, -0.1) is 0 Å². The van der Waals surface area contributed by atoms with Gasteiger partial charge < -0.3 is 10.6 Å². The molecule has 0 fully saturated rings. The molecule has 4 aromatic rings. The molecule has 1 heterocycles. The summed E-state index contributed by atoms with van der Waals surface area (Å²) < 4.78 is 28.0. The summed E-state index contributed by atoms with van der Waals surface area (Å²) in [7, 11) is -4.17. The zero-order valence-corrected chi connectivity index (χ0v) is 22.2. The maximum atomic E-state index is 13.5. The predicted molar refractivity (Wildman–Crippen MR) is 148 cm³/mol. The fourth-order valence-electron chi connectivity index (χ4n) is 3.61. The van der Waals surface area contributed by atoms with Crippen LogP contribution in [0.5, 0.6) is 0 Å². The second-order valence-corrected chi connectivity index (χ2v) is 10.8. The van der Waals surface area contributed by atoms with Crippen molar-refractivity contribution in [2.45, 2.75) is 11.4 Å². The van der Waals surface area contributed by atoms with Crippen molar-refractivity contribution < 1.29 is 18.0 Å². The van der Waals surface area contributed by atoms with Crippen molar-refractivity contribution in [2.75, 3.05) is 16.2 Å². The lowest BCUT2D eigenvalue weighted by molar-refractivity contribution is -0.114. The zero-order valence-electron chi connectivity index (χ0n) is 19.8. The van der Waals surface area contributed by atoms with Crippen molar-refractivity contribution >= 4 is 56.4 Å². The molecule has 0 saturated carbocycles. The van der Waals surface area contributed by atoms with E-state index in [1.807, 2.05) is 6.07 Å². The lowest BCUT2D eigenvalue weighted by Gasteiger charge is -2.24. The topological polar surface area (TPSA) is 108 Å². The first-order chi connectivity index (χ1) is 18.2. The molecule has 0 unspecified atom stereocenters. The van der Waals surface area contributed by atoms with Gasteiger partial charge in [0, 0.05) is 29.0 Å². The Labute approximate surface area is 230 Å². The molecule has 4 rings (SSSR count). The van der Waals surface area contributed by atoms with Crippen LogP contribution < -0.4 is 14.9 Å². The van der Waals surface area contributed by atoms with Crippen LogP contribution in [0.3, 0.4) is 0 Å². The first kappa shape index (κ1) is 27.1. The number of amides is 2. The van der Waals surface area contributed by atoms with Crippen LogP contribution in [-0.2, 0) is 21.4 Å². The fraction of sp³-hybridized carbons (Fsp3) is 0.0741. The molecule has 0 spiro atoms. The molecule has 0 bridgehead atoms. The number of benzene rings is 3. The standard InChI is InChI=1S/C27H22Cl2N4O4S/c28-20-13-21(29)15-22(14-20)33(38(36,37)23-8-2-1-3-9-23)18-26(34)32-25-11-5-4-10-24(25)27(35)31-17-19-7-6-12-30-16-19/h1-16H,17-18H2,(H,31,35)(H,32,34). The number of sulfonamides is 1. The molecule has 8 nitrogen and oxygen atoms in total. The largest absolute Gasteiger partial charge is 0.348 e. The Morgan fingerprint density at radius 2 is 1.55 bits per heavy atom. The van der Waals surface area contributed by atoms with Gasteiger partial charge in [-0.1, -0.05) is 59.6 Å². The number of carbonyl (C=O) groups is 2. The number of halogens is 2. The maximum absolute atomic E-state index is 13.5. The number of rotatable bonds is 9. The Hall–Kier alpha value is -3.92. The highest BCUT2D eigenvalue weighted by molar-refractivity contribution is 7.92. The van der Waals surface area contributed by atoms with Crippen molar-refractivity contribution in [3.63, 3.8) is 0 Å². The van der Waals surface area contributed by atoms with Crippen LogP contribution in [-0.4, -0.2) is 31.8 Å². The molecule has 2 amide bonds. The van der Waals surface area contributed by atoms with E-state index in [0.29, 0.717) is 0 Å². The highest BCUT2D eigenvalue weighted by atomic mass is 35.5. The lowest BCUT2D eigenvalue weighted by Crippen LogP contribution is -2.38. The highest BCUT2D eigenvalue weighted by Gasteiger charge is 2.28. The third kappa shape index (κ3) is 6.69. The van der Waals surface area contributed by atoms with E-state index in [4.69, 9.17) is 23.2 Å². The maximum Gasteiger partial charge on any atom is 0.264 e. The average molecular weight is 569 g/mol. The Morgan fingerprint density at radius 1 is 0.868 bits per heavy atom. The number of nitrogens with one attached hydrogen (secondary N) is 2. The average Bonchev–Trinajstić information content (AvgIpc) is 2.91. The van der Waals surface area contributed by atoms with Crippen molar-refractivity contribution in [3.8, 4) is 0 Å². The zero-order chi connectivity index (χ0) is 27.1. The number of aromatic nitrogens is 1. The smallest absolute Gasteiger partial charge is 0.264 e. The first-order valence-electron chi connectivity index (χ1n) is 11.3. The van der Waals surface area contributed by atoms with Crippen molar-refractivity contribution in [1.82, 2.24) is 10.3 Å². The molecule has 0 aliphatic heterocycles. The number of hydrogen-bond acceptors (Lipinski definition) is 5. The molecule has 0 aliphatic carbocycles. The van der Waals surface area contributed by atoms with Gasteiger partial charge in [0.25, 0.3) is 15.9 Å². The van der Waals surface area contributed by atoms with E-state index in [1.54, 1.807) is 60.9 Å². The van der Waals surface area contributed by atoms with Gasteiger partial charge >= 0.3 is 0 Å². The van der Waals surface area contributed by atoms with Crippen LogP contribution >= 0.6 is 23.2 Å². The van der Waals surface area contributed by atoms with Gasteiger partial charge in [-0.05, 0) is 54.1 Å². The van der Waals surface area contributed by atoms with E-state index >= 15 is 0 Å². The number of nitrogens with zero attached hydrogens (tertiary/aromatic N) is 2. The normalized spacial score (nSPS) is 11.0. The molecular weight excluding hydrogens is 547 g/mol. The van der Waals surface area contributed by atoms with Gasteiger partial charge in [0.1, 0.15) is 6.54 Å². The summed E-state index contributed by atoms with van der Waals surface area (Å²) in [5.41, 5.74) is 1.36. The van der Waals surface area contributed by atoms with E-state index in [0.717, 1.165) is 9.87 Å². The Bertz CT molecular complexity index is 1530. The fourth-order valence-corrected chi connectivity index (χ4v) is 5.55. The third-order valence-electron chi connectivity index (χ3n) is 5.38. The van der Waals surface area contributed by atoms with Crippen molar-refractivity contribution in [1.29, 1.82) is 0 Å². The van der Waals surface area contributed by atoms with Crippen LogP contribution in [0.15, 0.2) is 102 Å². The molecular formula is C27H22Cl2N4O4S. The van der Waals surface area contributed by atoms with Gasteiger partial charge in [-0.2, -0.15) is 0 Å². The summed E-state index contributed by atoms with van der Waals surface area (Å²) in [5, 5.41) is 5.86. The monoisotopic (exact) mass is 568 g/mol. The number of para-hydroxylation sites is 1. The molecule has 2 N–H and O–H groups in total. The molecule has 0 saturated heterocycles. The molecule has 11 heteroatoms. The summed E-state index contributed by atoms with van der Waals surface area (Å²) in [6.45, 7) is -0.354. The van der Waals surface area contributed by atoms with E-state index in [9.17, 15) is 18.0 Å². The minimum absolute atomic E-state index is 0.0147. The Kier molecular flexibility index (Phi) is 8.62. The Morgan fingerprint density at radius 3 is 2.24 bits per heavy atom. The van der Waals surface area contributed by atoms with Crippen LogP contribution in [0, 0.1) is 0 Å². The summed E-state index contributed by atoms with van der Waals surface area (Å²) >= 11 is 12.3. The highest BCUT2D eigenvalue weighted by Crippen LogP contribution is 2.30. The second kappa shape index (κ2) is 12.1. The van der Waals surface area contributed by atoms with E-state index in [-0.39, 0.29) is 38.4 Å². The van der Waals surface area contributed by atoms with Gasteiger partial charge in [-0.25, -0.2) is 8.42 Å². The Balaban J connectivity index is 1.58. The lowest BCUT2D eigenvalue weighted by atomic mass is 10.1. The summed E-state index contributed by atoms with van der Waals surface area (Å²) in [6, 6.07) is 22.0. The van der Waals surface area contributed by atoms with Gasteiger partial charge in [0.2, 0.25) is 5.91 Å². The van der Waals surface area contributed by atoms with Gasteiger partial charge in [-0.3, -0.25) is 18.9 Å². The minimum Gasteiger partial charge on any atom is -0.348 e. The van der Waals surface area contributed by atoms with Gasteiger partial charge in [0.15, 0.2) is 0 Å². The number of anilines is 2. The predicted octanol–water partition coefficient (Wildman–Crippen LogP) is 5.15. The van der Waals surface area contributed by atoms with Crippen LogP contribution in [0.2, 0.25) is 10.0 Å². The quantitative estimate of drug-likeness (QED) is 0.290.